The molecule has 4 nitrogen and oxygen atoms in total. The van der Waals surface area contributed by atoms with Crippen molar-refractivity contribution in [2.45, 2.75) is 36.3 Å². The molecule has 3 atom stereocenters. The largest absolute Gasteiger partial charge is 0.393 e. The van der Waals surface area contributed by atoms with E-state index >= 15 is 0 Å². The Morgan fingerprint density at radius 3 is 2.25 bits per heavy atom. The second-order valence-electron chi connectivity index (χ2n) is 7.03. The molecule has 2 N–H and O–H groups in total. The number of benzene rings is 2. The van der Waals surface area contributed by atoms with E-state index in [1.807, 2.05) is 31.2 Å². The summed E-state index contributed by atoms with van der Waals surface area (Å²) in [5.74, 6) is -0.344. The number of ether oxygens (including phenoxy) is 1. The third-order valence-corrected chi connectivity index (χ3v) is 8.41. The average molecular weight is 438 g/mol. The molecule has 0 aromatic heterocycles. The van der Waals surface area contributed by atoms with Gasteiger partial charge in [-0.05, 0) is 48.7 Å². The Kier molecular flexibility index (Phi) is 6.15. The second-order valence-corrected chi connectivity index (χ2v) is 9.98. The molecule has 7 heteroatoms. The molecule has 0 spiro atoms. The highest BCUT2D eigenvalue weighted by Gasteiger charge is 2.73. The molecule has 1 saturated carbocycles. The first-order chi connectivity index (χ1) is 13.3. The number of hydrogen-bond acceptors (Lipinski definition) is 4. The highest BCUT2D eigenvalue weighted by atomic mass is 35.5. The third kappa shape index (κ3) is 3.59. The second kappa shape index (κ2) is 8.11. The predicted molar refractivity (Wildman–Crippen MR) is 117 cm³/mol. The molecule has 2 aromatic carbocycles. The van der Waals surface area contributed by atoms with E-state index in [4.69, 9.17) is 34.3 Å². The molecule has 3 rings (SSSR count). The van der Waals surface area contributed by atoms with Crippen molar-refractivity contribution in [2.75, 3.05) is 13.2 Å². The molecule has 2 aromatic rings. The van der Waals surface area contributed by atoms with Crippen molar-refractivity contribution in [2.24, 2.45) is 11.1 Å². The monoisotopic (exact) mass is 437 g/mol. The summed E-state index contributed by atoms with van der Waals surface area (Å²) in [6.07, 6.45) is 0.914. The molecule has 150 valence electrons. The highest BCUT2D eigenvalue weighted by Crippen LogP contribution is 2.64. The number of rotatable bonds is 8. The molecule has 0 heterocycles. The van der Waals surface area contributed by atoms with E-state index in [0.29, 0.717) is 11.6 Å². The van der Waals surface area contributed by atoms with Gasteiger partial charge in [0.2, 0.25) is 0 Å². The maximum Gasteiger partial charge on any atom is 0.182 e. The Labute approximate surface area is 177 Å². The minimum Gasteiger partial charge on any atom is -0.393 e. The summed E-state index contributed by atoms with van der Waals surface area (Å²) in [5.41, 5.74) is 7.29. The van der Waals surface area contributed by atoms with Crippen LogP contribution in [0.2, 0.25) is 5.02 Å². The van der Waals surface area contributed by atoms with Crippen molar-refractivity contribution in [3.63, 3.8) is 0 Å². The maximum atomic E-state index is 13.5. The van der Waals surface area contributed by atoms with Crippen molar-refractivity contribution in [1.29, 1.82) is 0 Å². The molecule has 0 radical (unpaired) electrons. The van der Waals surface area contributed by atoms with Gasteiger partial charge in [-0.25, -0.2) is 8.42 Å². The zero-order valence-corrected chi connectivity index (χ0v) is 18.3. The van der Waals surface area contributed by atoms with Gasteiger partial charge in [-0.15, -0.1) is 0 Å². The van der Waals surface area contributed by atoms with Crippen molar-refractivity contribution in [1.82, 2.24) is 0 Å². The lowest BCUT2D eigenvalue weighted by Crippen LogP contribution is -2.33. The molecular formula is C21H24ClNO3S2. The third-order valence-electron chi connectivity index (χ3n) is 5.48. The fraction of sp³-hybridized carbons (Fsp3) is 0.381. The number of hydrogen-bond donors (Lipinski definition) is 1. The van der Waals surface area contributed by atoms with Gasteiger partial charge in [0.25, 0.3) is 0 Å². The van der Waals surface area contributed by atoms with Crippen LogP contribution in [0.1, 0.15) is 30.9 Å². The molecule has 1 aliphatic carbocycles. The van der Waals surface area contributed by atoms with Gasteiger partial charge < -0.3 is 10.5 Å². The van der Waals surface area contributed by atoms with Gasteiger partial charge in [0.15, 0.2) is 9.84 Å². The molecule has 0 unspecified atom stereocenters. The number of aryl methyl sites for hydroxylation is 1. The van der Waals surface area contributed by atoms with Crippen LogP contribution in [0.25, 0.3) is 0 Å². The lowest BCUT2D eigenvalue weighted by molar-refractivity contribution is 0.121. The Bertz CT molecular complexity index is 958. The van der Waals surface area contributed by atoms with Gasteiger partial charge in [-0.2, -0.15) is 0 Å². The fourth-order valence-corrected chi connectivity index (χ4v) is 6.77. The van der Waals surface area contributed by atoms with E-state index < -0.39 is 20.5 Å². The summed E-state index contributed by atoms with van der Waals surface area (Å²) in [7, 11) is -3.68. The topological polar surface area (TPSA) is 69.4 Å². The molecule has 0 amide bonds. The maximum absolute atomic E-state index is 13.5. The van der Waals surface area contributed by atoms with Crippen molar-refractivity contribution in [3.05, 3.63) is 64.7 Å². The SMILES string of the molecule is CCOC[C@@]1(C(N)=S)[C@@H](c2ccc(CC)cc2)[C@@H]1S(=O)(=O)c1ccc(Cl)cc1. The van der Waals surface area contributed by atoms with Crippen molar-refractivity contribution < 1.29 is 13.2 Å². The van der Waals surface area contributed by atoms with Crippen molar-refractivity contribution >= 4 is 38.6 Å². The Morgan fingerprint density at radius 2 is 1.75 bits per heavy atom. The first-order valence-electron chi connectivity index (χ1n) is 9.25. The van der Waals surface area contributed by atoms with Crippen LogP contribution in [0, 0.1) is 5.41 Å². The quantitative estimate of drug-likeness (QED) is 0.628. The summed E-state index contributed by atoms with van der Waals surface area (Å²) < 4.78 is 32.6. The van der Waals surface area contributed by atoms with Gasteiger partial charge in [0, 0.05) is 17.5 Å². The normalized spacial score (nSPS) is 24.1. The van der Waals surface area contributed by atoms with Crippen LogP contribution in [0.5, 0.6) is 0 Å². The van der Waals surface area contributed by atoms with Crippen LogP contribution < -0.4 is 5.73 Å². The minimum atomic E-state index is -3.68. The van der Waals surface area contributed by atoms with Gasteiger partial charge >= 0.3 is 0 Å². The first-order valence-corrected chi connectivity index (χ1v) is 11.6. The van der Waals surface area contributed by atoms with E-state index in [1.165, 1.54) is 17.7 Å². The number of thiocarbonyl (C=S) groups is 1. The van der Waals surface area contributed by atoms with E-state index in [-0.39, 0.29) is 22.4 Å². The number of nitrogens with two attached hydrogens (primary N) is 1. The van der Waals surface area contributed by atoms with Gasteiger partial charge in [0.1, 0.15) is 0 Å². The van der Waals surface area contributed by atoms with Crippen LogP contribution in [0.3, 0.4) is 0 Å². The number of sulfone groups is 1. The standard InChI is InChI=1S/C21H24ClNO3S2/c1-3-14-5-7-15(8-6-14)18-19(21(18,20(23)27)13-26-4-2)28(24,25)17-11-9-16(22)10-12-17/h5-12,18-19H,3-4,13H2,1-2H3,(H2,23,27)/t18-,19-,21+/m0/s1. The van der Waals surface area contributed by atoms with Crippen molar-refractivity contribution in [3.8, 4) is 0 Å². The van der Waals surface area contributed by atoms with Crippen LogP contribution in [0.15, 0.2) is 53.4 Å². The van der Waals surface area contributed by atoms with Crippen LogP contribution in [-0.4, -0.2) is 31.9 Å². The lowest BCUT2D eigenvalue weighted by atomic mass is 9.98. The average Bonchev–Trinajstić information content (AvgIpc) is 3.38. The molecule has 1 fully saturated rings. The Hall–Kier alpha value is -1.47. The lowest BCUT2D eigenvalue weighted by Gasteiger charge is -2.17. The molecule has 0 saturated heterocycles. The molecule has 0 bridgehead atoms. The van der Waals surface area contributed by atoms with Gasteiger partial charge in [0.05, 0.1) is 27.2 Å². The van der Waals surface area contributed by atoms with Crippen LogP contribution in [0.4, 0.5) is 0 Å². The van der Waals surface area contributed by atoms with E-state index in [0.717, 1.165) is 12.0 Å². The zero-order chi connectivity index (χ0) is 20.5. The Balaban J connectivity index is 2.08. The minimum absolute atomic E-state index is 0.174. The summed E-state index contributed by atoms with van der Waals surface area (Å²) in [4.78, 5) is 0.389. The molecule has 0 aliphatic heterocycles. The smallest absolute Gasteiger partial charge is 0.182 e. The van der Waals surface area contributed by atoms with Crippen LogP contribution in [-0.2, 0) is 21.0 Å². The van der Waals surface area contributed by atoms with E-state index in [1.54, 1.807) is 12.1 Å². The first kappa shape index (κ1) is 21.2. The highest BCUT2D eigenvalue weighted by molar-refractivity contribution is 7.92. The van der Waals surface area contributed by atoms with Crippen LogP contribution >= 0.6 is 23.8 Å². The van der Waals surface area contributed by atoms with Gasteiger partial charge in [-0.3, -0.25) is 0 Å². The fourth-order valence-electron chi connectivity index (χ4n) is 3.87. The summed E-state index contributed by atoms with van der Waals surface area (Å²) in [6, 6.07) is 14.2. The van der Waals surface area contributed by atoms with Gasteiger partial charge in [-0.1, -0.05) is 55.0 Å². The van der Waals surface area contributed by atoms with E-state index in [9.17, 15) is 8.42 Å². The summed E-state index contributed by atoms with van der Waals surface area (Å²) >= 11 is 11.3. The zero-order valence-electron chi connectivity index (χ0n) is 15.9. The Morgan fingerprint density at radius 1 is 1.14 bits per heavy atom. The molecule has 28 heavy (non-hydrogen) atoms. The number of halogens is 1. The molecular weight excluding hydrogens is 414 g/mol. The predicted octanol–water partition coefficient (Wildman–Crippen LogP) is 4.15. The molecule has 1 aliphatic rings. The van der Waals surface area contributed by atoms with E-state index in [2.05, 4.69) is 6.92 Å². The summed E-state index contributed by atoms with van der Waals surface area (Å²) in [6.45, 7) is 4.58. The summed E-state index contributed by atoms with van der Waals surface area (Å²) in [5, 5.41) is -0.283.